The zero-order valence-corrected chi connectivity index (χ0v) is 19.8. The minimum atomic E-state index is -4.34. The van der Waals surface area contributed by atoms with Crippen LogP contribution in [-0.2, 0) is 38.6 Å². The molecule has 0 aliphatic heterocycles. The van der Waals surface area contributed by atoms with E-state index in [1.807, 2.05) is 24.3 Å². The molecule has 31 heavy (non-hydrogen) atoms. The van der Waals surface area contributed by atoms with E-state index in [9.17, 15) is 26.3 Å². The van der Waals surface area contributed by atoms with Crippen molar-refractivity contribution in [2.75, 3.05) is 0 Å². The molecule has 11 heteroatoms. The van der Waals surface area contributed by atoms with Crippen LogP contribution in [0, 0.1) is 12.2 Å². The number of alkyl halides is 6. The third-order valence-electron chi connectivity index (χ3n) is 3.00. The average Bonchev–Trinajstić information content (AvgIpc) is 3.43. The number of hydrogen-bond donors (Lipinski definition) is 2. The topological polar surface area (TPSA) is 40.5 Å². The van der Waals surface area contributed by atoms with Crippen LogP contribution in [0.2, 0.25) is 0 Å². The van der Waals surface area contributed by atoms with Crippen molar-refractivity contribution in [3.8, 4) is 10.1 Å². The molecular formula is C20H16F6O2S2Zr. The smallest absolute Gasteiger partial charge is 0.499 e. The molecule has 166 valence electrons. The van der Waals surface area contributed by atoms with Gasteiger partial charge < -0.3 is 10.2 Å². The van der Waals surface area contributed by atoms with Gasteiger partial charge in [0.05, 0.1) is 11.1 Å². The third kappa shape index (κ3) is 13.4. The molecule has 0 amide bonds. The average molecular weight is 558 g/mol. The van der Waals surface area contributed by atoms with E-state index < -0.39 is 23.5 Å². The first-order valence-corrected chi connectivity index (χ1v) is 9.89. The van der Waals surface area contributed by atoms with Crippen molar-refractivity contribution < 1.29 is 62.8 Å². The summed E-state index contributed by atoms with van der Waals surface area (Å²) in [5.41, 5.74) is -1.59. The Kier molecular flexibility index (Phi) is 13.7. The fourth-order valence-corrected chi connectivity index (χ4v) is 2.92. The SMILES string of the molecule is Oc1cc(C(F)(F)F)cs1.Oc1cc(C(F)(F)F)cs1.[C-]1=CC=CC1.[C-]1=CC=CC1.[Zr+2]. The minimum Gasteiger partial charge on any atom is -0.499 e. The van der Waals surface area contributed by atoms with Gasteiger partial charge in [-0.15, -0.1) is 35.5 Å². The second-order valence-electron chi connectivity index (χ2n) is 5.35. The van der Waals surface area contributed by atoms with Gasteiger partial charge in [0.2, 0.25) is 0 Å². The molecule has 2 aliphatic rings. The van der Waals surface area contributed by atoms with Crippen LogP contribution in [-0.4, -0.2) is 10.2 Å². The normalized spacial score (nSPS) is 13.4. The van der Waals surface area contributed by atoms with Gasteiger partial charge in [-0.05, 0) is 0 Å². The van der Waals surface area contributed by atoms with E-state index in [0.29, 0.717) is 34.8 Å². The van der Waals surface area contributed by atoms with Crippen LogP contribution in [0.3, 0.4) is 0 Å². The van der Waals surface area contributed by atoms with Crippen molar-refractivity contribution in [1.82, 2.24) is 0 Å². The molecule has 0 saturated heterocycles. The fraction of sp³-hybridized carbons (Fsp3) is 0.200. The molecule has 2 N–H and O–H groups in total. The Balaban J connectivity index is 0.000000401. The summed E-state index contributed by atoms with van der Waals surface area (Å²) in [7, 11) is 0. The number of halogens is 6. The van der Waals surface area contributed by atoms with Crippen LogP contribution in [0.15, 0.2) is 59.3 Å². The molecule has 0 atom stereocenters. The maximum Gasteiger partial charge on any atom is 2.00 e. The van der Waals surface area contributed by atoms with Crippen LogP contribution in [0.4, 0.5) is 26.3 Å². The predicted molar refractivity (Wildman–Crippen MR) is 105 cm³/mol. The van der Waals surface area contributed by atoms with E-state index in [0.717, 1.165) is 23.6 Å². The van der Waals surface area contributed by atoms with Crippen LogP contribution in [0.1, 0.15) is 24.0 Å². The molecule has 0 spiro atoms. The summed E-state index contributed by atoms with van der Waals surface area (Å²) in [6, 6.07) is 1.40. The molecule has 0 fully saturated rings. The number of thiophene rings is 2. The Bertz CT molecular complexity index is 785. The first-order valence-electron chi connectivity index (χ1n) is 8.13. The van der Waals surface area contributed by atoms with Gasteiger partial charge in [0.1, 0.15) is 0 Å². The summed E-state index contributed by atoms with van der Waals surface area (Å²) >= 11 is 1.33. The van der Waals surface area contributed by atoms with Gasteiger partial charge in [-0.2, -0.15) is 38.5 Å². The van der Waals surface area contributed by atoms with Crippen molar-refractivity contribution in [2.24, 2.45) is 0 Å². The van der Waals surface area contributed by atoms with E-state index in [1.54, 1.807) is 0 Å². The zero-order valence-electron chi connectivity index (χ0n) is 15.7. The number of rotatable bonds is 0. The summed E-state index contributed by atoms with van der Waals surface area (Å²) in [5, 5.41) is 18.2. The number of allylic oxidation sites excluding steroid dienone is 8. The summed E-state index contributed by atoms with van der Waals surface area (Å²) in [6.45, 7) is 0. The van der Waals surface area contributed by atoms with Crippen molar-refractivity contribution in [1.29, 1.82) is 0 Å². The molecule has 2 aliphatic carbocycles. The molecule has 2 nitrogen and oxygen atoms in total. The second-order valence-corrected chi connectivity index (χ2v) is 7.13. The molecule has 2 aromatic heterocycles. The molecule has 0 saturated carbocycles. The van der Waals surface area contributed by atoms with E-state index in [4.69, 9.17) is 10.2 Å². The van der Waals surface area contributed by atoms with Gasteiger partial charge in [0.25, 0.3) is 0 Å². The van der Waals surface area contributed by atoms with Gasteiger partial charge in [0, 0.05) is 22.9 Å². The van der Waals surface area contributed by atoms with Crippen molar-refractivity contribution in [3.63, 3.8) is 0 Å². The maximum atomic E-state index is 11.7. The number of hydrogen-bond acceptors (Lipinski definition) is 4. The van der Waals surface area contributed by atoms with Crippen LogP contribution in [0.5, 0.6) is 10.1 Å². The molecule has 4 rings (SSSR count). The zero-order chi connectivity index (χ0) is 22.6. The minimum absolute atomic E-state index is 0. The molecule has 0 bridgehead atoms. The standard InChI is InChI=1S/2C5H3F3OS.2C5H5.Zr/c2*6-5(7,8)3-1-4(9)10-2-3;2*1-2-4-5-3-1;/h2*1-2,9H;2*1-3H,4H2;/q;;2*-1;+2. The van der Waals surface area contributed by atoms with Crippen molar-refractivity contribution >= 4 is 22.7 Å². The summed E-state index contributed by atoms with van der Waals surface area (Å²) < 4.78 is 70.2. The Morgan fingerprint density at radius 1 is 0.710 bits per heavy atom. The first kappa shape index (κ1) is 29.4. The summed E-state index contributed by atoms with van der Waals surface area (Å²) in [4.78, 5) is 0. The van der Waals surface area contributed by atoms with Gasteiger partial charge >= 0.3 is 38.6 Å². The molecule has 0 unspecified atom stereocenters. The van der Waals surface area contributed by atoms with E-state index in [1.165, 1.54) is 0 Å². The fourth-order valence-electron chi connectivity index (χ4n) is 1.63. The molecular weight excluding hydrogens is 542 g/mol. The Morgan fingerprint density at radius 3 is 1.16 bits per heavy atom. The van der Waals surface area contributed by atoms with Crippen LogP contribution in [0.25, 0.3) is 0 Å². The van der Waals surface area contributed by atoms with Crippen molar-refractivity contribution in [2.45, 2.75) is 25.2 Å². The van der Waals surface area contributed by atoms with E-state index in [2.05, 4.69) is 24.3 Å². The molecule has 2 aromatic rings. The van der Waals surface area contributed by atoms with Crippen LogP contribution >= 0.6 is 22.7 Å². The predicted octanol–water partition coefficient (Wildman–Crippen LogP) is 7.55. The second kappa shape index (κ2) is 14.5. The Labute approximate surface area is 202 Å². The first-order chi connectivity index (χ1) is 14.0. The Hall–Kier alpha value is -1.58. The van der Waals surface area contributed by atoms with Gasteiger partial charge in [0.15, 0.2) is 10.1 Å². The molecule has 0 aromatic carbocycles. The van der Waals surface area contributed by atoms with Crippen LogP contribution < -0.4 is 0 Å². The Morgan fingerprint density at radius 2 is 1.06 bits per heavy atom. The quantitative estimate of drug-likeness (QED) is 0.259. The molecule has 0 radical (unpaired) electrons. The van der Waals surface area contributed by atoms with Crippen molar-refractivity contribution in [3.05, 3.63) is 82.6 Å². The summed E-state index contributed by atoms with van der Waals surface area (Å²) in [6.07, 6.45) is 11.3. The molecule has 2 heterocycles. The van der Waals surface area contributed by atoms with E-state index >= 15 is 0 Å². The van der Waals surface area contributed by atoms with Gasteiger partial charge in [-0.1, -0.05) is 0 Å². The van der Waals surface area contributed by atoms with Gasteiger partial charge in [-0.3, -0.25) is 12.2 Å². The monoisotopic (exact) mass is 556 g/mol. The van der Waals surface area contributed by atoms with Gasteiger partial charge in [-0.25, -0.2) is 24.3 Å². The maximum absolute atomic E-state index is 11.7. The number of aromatic hydroxyl groups is 2. The largest absolute Gasteiger partial charge is 2.00 e. The summed E-state index contributed by atoms with van der Waals surface area (Å²) in [5.74, 6) is 0. The third-order valence-corrected chi connectivity index (χ3v) is 4.46. The van der Waals surface area contributed by atoms with E-state index in [-0.39, 0.29) is 36.3 Å².